The van der Waals surface area contributed by atoms with Crippen molar-refractivity contribution in [2.45, 2.75) is 13.3 Å². The molecule has 0 unspecified atom stereocenters. The number of hydrogen-bond acceptors (Lipinski definition) is 3. The second kappa shape index (κ2) is 4.65. The van der Waals surface area contributed by atoms with Crippen LogP contribution in [0, 0.1) is 0 Å². The molecule has 0 saturated carbocycles. The Hall–Kier alpha value is -2.49. The molecule has 2 aromatic heterocycles. The number of hydrogen-bond donors (Lipinski definition) is 0. The fourth-order valence-corrected chi connectivity index (χ4v) is 2.15. The molecule has 0 saturated heterocycles. The third-order valence-corrected chi connectivity index (χ3v) is 3.06. The largest absolute Gasteiger partial charge is 0.287 e. The van der Waals surface area contributed by atoms with Crippen LogP contribution in [0.4, 0.5) is 0 Å². The fraction of sp³-hybridized carbons (Fsp3) is 0.133. The first-order valence-corrected chi connectivity index (χ1v) is 6.23. The number of benzene rings is 1. The molecular weight excluding hydrogens is 238 g/mol. The summed E-state index contributed by atoms with van der Waals surface area (Å²) >= 11 is 0. The van der Waals surface area contributed by atoms with Crippen molar-refractivity contribution in [2.75, 3.05) is 0 Å². The molecule has 0 bridgehead atoms. The highest BCUT2D eigenvalue weighted by atomic mass is 16.1. The predicted octanol–water partition coefficient (Wildman–Crippen LogP) is 2.52. The molecule has 19 heavy (non-hydrogen) atoms. The van der Waals surface area contributed by atoms with Crippen molar-refractivity contribution < 1.29 is 4.79 Å². The van der Waals surface area contributed by atoms with Crippen LogP contribution in [-0.2, 0) is 6.42 Å². The van der Waals surface area contributed by atoms with Crippen LogP contribution in [-0.4, -0.2) is 20.2 Å². The van der Waals surface area contributed by atoms with Crippen LogP contribution < -0.4 is 0 Å². The Morgan fingerprint density at radius 3 is 2.74 bits per heavy atom. The van der Waals surface area contributed by atoms with Gasteiger partial charge >= 0.3 is 0 Å². The van der Waals surface area contributed by atoms with Gasteiger partial charge in [0, 0.05) is 18.0 Å². The Balaban J connectivity index is 2.21. The van der Waals surface area contributed by atoms with E-state index in [2.05, 4.69) is 9.97 Å². The fourth-order valence-electron chi connectivity index (χ4n) is 2.15. The molecule has 0 radical (unpaired) electrons. The standard InChI is InChI=1S/C15H13N3O/c1-2-12-13(14(19)11-7-4-3-5-8-11)18-10-6-9-16-15(18)17-12/h3-10H,2H2,1H3. The summed E-state index contributed by atoms with van der Waals surface area (Å²) in [6.07, 6.45) is 4.21. The molecule has 3 rings (SSSR count). The van der Waals surface area contributed by atoms with Gasteiger partial charge in [0.15, 0.2) is 0 Å². The lowest BCUT2D eigenvalue weighted by Gasteiger charge is -2.02. The summed E-state index contributed by atoms with van der Waals surface area (Å²) in [7, 11) is 0. The monoisotopic (exact) mass is 251 g/mol. The van der Waals surface area contributed by atoms with Crippen molar-refractivity contribution in [3.8, 4) is 0 Å². The summed E-state index contributed by atoms with van der Waals surface area (Å²) in [4.78, 5) is 21.2. The molecule has 4 nitrogen and oxygen atoms in total. The average molecular weight is 251 g/mol. The number of imidazole rings is 1. The van der Waals surface area contributed by atoms with E-state index in [0.29, 0.717) is 23.5 Å². The Bertz CT molecular complexity index is 731. The molecule has 0 amide bonds. The summed E-state index contributed by atoms with van der Waals surface area (Å²) < 4.78 is 1.76. The highest BCUT2D eigenvalue weighted by Gasteiger charge is 2.19. The number of fused-ring (bicyclic) bond motifs is 1. The molecule has 0 aliphatic heterocycles. The number of nitrogens with zero attached hydrogens (tertiary/aromatic N) is 3. The van der Waals surface area contributed by atoms with E-state index in [0.717, 1.165) is 5.69 Å². The number of aromatic nitrogens is 3. The summed E-state index contributed by atoms with van der Waals surface area (Å²) in [5.41, 5.74) is 2.06. The summed E-state index contributed by atoms with van der Waals surface area (Å²) in [6.45, 7) is 1.99. The van der Waals surface area contributed by atoms with Crippen LogP contribution in [0.25, 0.3) is 5.78 Å². The van der Waals surface area contributed by atoms with Crippen LogP contribution in [0.2, 0.25) is 0 Å². The highest BCUT2D eigenvalue weighted by Crippen LogP contribution is 2.16. The first-order valence-electron chi connectivity index (χ1n) is 6.23. The summed E-state index contributed by atoms with van der Waals surface area (Å²) in [5, 5.41) is 0. The third kappa shape index (κ3) is 1.91. The molecule has 0 aliphatic carbocycles. The molecule has 0 N–H and O–H groups in total. The second-order valence-corrected chi connectivity index (χ2v) is 4.25. The van der Waals surface area contributed by atoms with Crippen LogP contribution in [0.3, 0.4) is 0 Å². The maximum Gasteiger partial charge on any atom is 0.234 e. The van der Waals surface area contributed by atoms with E-state index in [4.69, 9.17) is 0 Å². The van der Waals surface area contributed by atoms with Gasteiger partial charge in [-0.25, -0.2) is 9.97 Å². The van der Waals surface area contributed by atoms with Crippen molar-refractivity contribution in [1.82, 2.24) is 14.4 Å². The van der Waals surface area contributed by atoms with E-state index in [1.54, 1.807) is 16.7 Å². The lowest BCUT2D eigenvalue weighted by molar-refractivity contribution is 0.103. The molecule has 0 atom stereocenters. The molecule has 0 spiro atoms. The first-order chi connectivity index (χ1) is 9.31. The topological polar surface area (TPSA) is 47.3 Å². The van der Waals surface area contributed by atoms with Crippen LogP contribution >= 0.6 is 0 Å². The second-order valence-electron chi connectivity index (χ2n) is 4.25. The molecule has 0 fully saturated rings. The number of rotatable bonds is 3. The average Bonchev–Trinajstić information content (AvgIpc) is 2.86. The van der Waals surface area contributed by atoms with Gasteiger partial charge in [-0.3, -0.25) is 9.20 Å². The number of aryl methyl sites for hydroxylation is 1. The Labute approximate surface area is 110 Å². The van der Waals surface area contributed by atoms with Gasteiger partial charge in [-0.15, -0.1) is 0 Å². The van der Waals surface area contributed by atoms with Gasteiger partial charge in [0.2, 0.25) is 11.6 Å². The van der Waals surface area contributed by atoms with Crippen molar-refractivity contribution in [3.05, 3.63) is 65.7 Å². The lowest BCUT2D eigenvalue weighted by atomic mass is 10.1. The van der Waals surface area contributed by atoms with Crippen molar-refractivity contribution >= 4 is 11.6 Å². The lowest BCUT2D eigenvalue weighted by Crippen LogP contribution is -2.08. The zero-order valence-electron chi connectivity index (χ0n) is 10.6. The zero-order valence-corrected chi connectivity index (χ0v) is 10.6. The van der Waals surface area contributed by atoms with Gasteiger partial charge in [-0.2, -0.15) is 0 Å². The van der Waals surface area contributed by atoms with Gasteiger partial charge in [0.1, 0.15) is 5.69 Å². The number of carbonyl (C=O) groups is 1. The molecule has 4 heteroatoms. The first kappa shape index (κ1) is 11.6. The van der Waals surface area contributed by atoms with Crippen molar-refractivity contribution in [2.24, 2.45) is 0 Å². The van der Waals surface area contributed by atoms with Crippen molar-refractivity contribution in [3.63, 3.8) is 0 Å². The van der Waals surface area contributed by atoms with Crippen LogP contribution in [0.15, 0.2) is 48.8 Å². The third-order valence-electron chi connectivity index (χ3n) is 3.06. The van der Waals surface area contributed by atoms with E-state index < -0.39 is 0 Å². The van der Waals surface area contributed by atoms with Gasteiger partial charge < -0.3 is 0 Å². The Morgan fingerprint density at radius 1 is 1.21 bits per heavy atom. The van der Waals surface area contributed by atoms with Gasteiger partial charge in [-0.05, 0) is 12.5 Å². The quantitative estimate of drug-likeness (QED) is 0.672. The predicted molar refractivity (Wildman–Crippen MR) is 72.2 cm³/mol. The molecule has 0 aliphatic rings. The van der Waals surface area contributed by atoms with Gasteiger partial charge in [-0.1, -0.05) is 37.3 Å². The number of ketones is 1. The molecular formula is C15H13N3O. The van der Waals surface area contributed by atoms with E-state index in [1.807, 2.05) is 43.5 Å². The Kier molecular flexibility index (Phi) is 2.83. The van der Waals surface area contributed by atoms with Crippen LogP contribution in [0.5, 0.6) is 0 Å². The van der Waals surface area contributed by atoms with Gasteiger partial charge in [0.25, 0.3) is 0 Å². The van der Waals surface area contributed by atoms with E-state index in [9.17, 15) is 4.79 Å². The minimum Gasteiger partial charge on any atom is -0.287 e. The molecule has 2 heterocycles. The minimum atomic E-state index is -0.0158. The van der Waals surface area contributed by atoms with E-state index in [1.165, 1.54) is 0 Å². The minimum absolute atomic E-state index is 0.0158. The number of carbonyl (C=O) groups excluding carboxylic acids is 1. The molecule has 3 aromatic rings. The zero-order chi connectivity index (χ0) is 13.2. The summed E-state index contributed by atoms with van der Waals surface area (Å²) in [5.74, 6) is 0.552. The van der Waals surface area contributed by atoms with E-state index in [-0.39, 0.29) is 5.78 Å². The molecule has 1 aromatic carbocycles. The van der Waals surface area contributed by atoms with Crippen molar-refractivity contribution in [1.29, 1.82) is 0 Å². The summed E-state index contributed by atoms with van der Waals surface area (Å²) in [6, 6.07) is 11.1. The van der Waals surface area contributed by atoms with Gasteiger partial charge in [0.05, 0.1) is 5.69 Å². The normalized spacial score (nSPS) is 10.8. The molecule has 94 valence electrons. The SMILES string of the molecule is CCc1nc2ncccn2c1C(=O)c1ccccc1. The van der Waals surface area contributed by atoms with Crippen LogP contribution in [0.1, 0.15) is 28.7 Å². The van der Waals surface area contributed by atoms with E-state index >= 15 is 0 Å². The maximum atomic E-state index is 12.6. The maximum absolute atomic E-state index is 12.6. The smallest absolute Gasteiger partial charge is 0.234 e. The Morgan fingerprint density at radius 2 is 2.00 bits per heavy atom. The highest BCUT2D eigenvalue weighted by molar-refractivity contribution is 6.09.